The molecule has 0 saturated carbocycles. The van der Waals surface area contributed by atoms with Gasteiger partial charge in [-0.3, -0.25) is 4.79 Å². The minimum absolute atomic E-state index is 0.326. The molecule has 144 valence electrons. The van der Waals surface area contributed by atoms with Crippen molar-refractivity contribution in [3.63, 3.8) is 0 Å². The maximum atomic E-state index is 13.2. The van der Waals surface area contributed by atoms with E-state index in [1.165, 1.54) is 19.2 Å². The molecule has 3 aromatic rings. The molecule has 0 aliphatic heterocycles. The molecular weight excluding hydrogens is 359 g/mol. The topological polar surface area (TPSA) is 60.3 Å². The molecule has 5 nitrogen and oxygen atoms in total. The van der Waals surface area contributed by atoms with Crippen LogP contribution in [0.15, 0.2) is 60.7 Å². The highest BCUT2D eigenvalue weighted by Crippen LogP contribution is 2.22. The van der Waals surface area contributed by atoms with E-state index in [-0.39, 0.29) is 11.7 Å². The van der Waals surface area contributed by atoms with Gasteiger partial charge in [0, 0.05) is 17.1 Å². The summed E-state index contributed by atoms with van der Waals surface area (Å²) < 4.78 is 19.9. The van der Waals surface area contributed by atoms with Crippen LogP contribution in [0.4, 0.5) is 4.39 Å². The summed E-state index contributed by atoms with van der Waals surface area (Å²) in [4.78, 5) is 25.1. The molecular formula is C22H21FN2O3. The van der Waals surface area contributed by atoms with Crippen LogP contribution in [-0.2, 0) is 9.53 Å². The smallest absolute Gasteiger partial charge is 0.333 e. The number of halogens is 1. The van der Waals surface area contributed by atoms with E-state index in [9.17, 15) is 14.0 Å². The van der Waals surface area contributed by atoms with Crippen molar-refractivity contribution in [2.75, 3.05) is 7.11 Å². The molecule has 0 bridgehead atoms. The maximum Gasteiger partial charge on any atom is 0.333 e. The predicted molar refractivity (Wildman–Crippen MR) is 104 cm³/mol. The number of rotatable bonds is 5. The van der Waals surface area contributed by atoms with Gasteiger partial charge in [-0.2, -0.15) is 0 Å². The van der Waals surface area contributed by atoms with Gasteiger partial charge in [0.25, 0.3) is 5.91 Å². The number of nitrogens with one attached hydrogen (secondary N) is 1. The first-order valence-electron chi connectivity index (χ1n) is 8.81. The van der Waals surface area contributed by atoms with E-state index in [1.807, 2.05) is 17.6 Å². The molecule has 1 aromatic heterocycles. The molecule has 0 saturated heterocycles. The Bertz CT molecular complexity index is 995. The van der Waals surface area contributed by atoms with Gasteiger partial charge < -0.3 is 14.6 Å². The van der Waals surface area contributed by atoms with Crippen molar-refractivity contribution in [1.82, 2.24) is 9.88 Å². The molecule has 1 amide bonds. The molecule has 2 aromatic carbocycles. The number of carbonyl (C=O) groups is 2. The number of ether oxygens (including phenoxy) is 1. The number of aryl methyl sites for hydroxylation is 1. The fourth-order valence-corrected chi connectivity index (χ4v) is 3.23. The third-order valence-corrected chi connectivity index (χ3v) is 4.61. The standard InChI is InChI=1S/C22H21FN2O3/c1-14-13-19(15(2)25(14)18-11-9-17(23)10-12-18)21(26)24-20(22(27)28-3)16-7-5-4-6-8-16/h4-13,20H,1-3H3,(H,24,26). The van der Waals surface area contributed by atoms with Gasteiger partial charge >= 0.3 is 5.97 Å². The van der Waals surface area contributed by atoms with Crippen LogP contribution in [0.5, 0.6) is 0 Å². The van der Waals surface area contributed by atoms with Crippen LogP contribution in [0.25, 0.3) is 5.69 Å². The molecule has 0 fully saturated rings. The van der Waals surface area contributed by atoms with Crippen LogP contribution >= 0.6 is 0 Å². The monoisotopic (exact) mass is 380 g/mol. The Labute approximate surface area is 162 Å². The maximum absolute atomic E-state index is 13.2. The van der Waals surface area contributed by atoms with Gasteiger partial charge in [0.2, 0.25) is 0 Å². The summed E-state index contributed by atoms with van der Waals surface area (Å²) in [6, 6.07) is 15.8. The lowest BCUT2D eigenvalue weighted by atomic mass is 10.1. The van der Waals surface area contributed by atoms with Crippen LogP contribution in [0.3, 0.4) is 0 Å². The van der Waals surface area contributed by atoms with Crippen molar-refractivity contribution >= 4 is 11.9 Å². The lowest BCUT2D eigenvalue weighted by molar-refractivity contribution is -0.143. The van der Waals surface area contributed by atoms with Gasteiger partial charge in [-0.25, -0.2) is 9.18 Å². The Kier molecular flexibility index (Phi) is 5.59. The lowest BCUT2D eigenvalue weighted by Gasteiger charge is -2.17. The summed E-state index contributed by atoms with van der Waals surface area (Å²) in [5, 5.41) is 2.76. The summed E-state index contributed by atoms with van der Waals surface area (Å²) in [5.41, 5.74) is 3.34. The highest BCUT2D eigenvalue weighted by molar-refractivity contribution is 5.98. The number of benzene rings is 2. The molecule has 0 aliphatic carbocycles. The quantitative estimate of drug-likeness (QED) is 0.684. The summed E-state index contributed by atoms with van der Waals surface area (Å²) >= 11 is 0. The number of methoxy groups -OCH3 is 1. The van der Waals surface area contributed by atoms with E-state index in [2.05, 4.69) is 5.32 Å². The number of hydrogen-bond acceptors (Lipinski definition) is 3. The Balaban J connectivity index is 1.93. The van der Waals surface area contributed by atoms with Crippen molar-refractivity contribution < 1.29 is 18.7 Å². The largest absolute Gasteiger partial charge is 0.467 e. The fraction of sp³-hybridized carbons (Fsp3) is 0.182. The summed E-state index contributed by atoms with van der Waals surface area (Å²) in [6.45, 7) is 3.67. The van der Waals surface area contributed by atoms with Gasteiger partial charge in [0.05, 0.1) is 12.7 Å². The van der Waals surface area contributed by atoms with E-state index >= 15 is 0 Å². The van der Waals surface area contributed by atoms with Crippen molar-refractivity contribution in [2.45, 2.75) is 19.9 Å². The first-order valence-corrected chi connectivity index (χ1v) is 8.81. The Morgan fingerprint density at radius 1 is 1.04 bits per heavy atom. The van der Waals surface area contributed by atoms with Gasteiger partial charge in [-0.1, -0.05) is 30.3 Å². The number of carbonyl (C=O) groups excluding carboxylic acids is 2. The van der Waals surface area contributed by atoms with Gasteiger partial charge in [-0.15, -0.1) is 0 Å². The Morgan fingerprint density at radius 3 is 2.29 bits per heavy atom. The highest BCUT2D eigenvalue weighted by Gasteiger charge is 2.26. The number of nitrogens with zero attached hydrogens (tertiary/aromatic N) is 1. The van der Waals surface area contributed by atoms with Crippen LogP contribution in [0.1, 0.15) is 33.4 Å². The number of hydrogen-bond donors (Lipinski definition) is 1. The molecule has 0 spiro atoms. The van der Waals surface area contributed by atoms with Crippen LogP contribution in [0.2, 0.25) is 0 Å². The third kappa shape index (κ3) is 3.81. The summed E-state index contributed by atoms with van der Waals surface area (Å²) in [7, 11) is 1.28. The van der Waals surface area contributed by atoms with E-state index < -0.39 is 12.0 Å². The molecule has 1 heterocycles. The minimum Gasteiger partial charge on any atom is -0.467 e. The lowest BCUT2D eigenvalue weighted by Crippen LogP contribution is -2.34. The number of amides is 1. The molecule has 0 aliphatic rings. The zero-order chi connectivity index (χ0) is 20.3. The average Bonchev–Trinajstić information content (AvgIpc) is 3.01. The molecule has 3 rings (SSSR count). The second-order valence-corrected chi connectivity index (χ2v) is 6.44. The second-order valence-electron chi connectivity index (χ2n) is 6.44. The first kappa shape index (κ1) is 19.4. The number of esters is 1. The Hall–Kier alpha value is -3.41. The first-order chi connectivity index (χ1) is 13.4. The molecule has 28 heavy (non-hydrogen) atoms. The normalized spacial score (nSPS) is 11.7. The SMILES string of the molecule is COC(=O)C(NC(=O)c1cc(C)n(-c2ccc(F)cc2)c1C)c1ccccc1. The fourth-order valence-electron chi connectivity index (χ4n) is 3.23. The van der Waals surface area contributed by atoms with Crippen molar-refractivity contribution in [1.29, 1.82) is 0 Å². The predicted octanol–water partition coefficient (Wildman–Crippen LogP) is 3.88. The zero-order valence-electron chi connectivity index (χ0n) is 15.9. The van der Waals surface area contributed by atoms with Crippen molar-refractivity contribution in [3.05, 3.63) is 89.0 Å². The molecule has 6 heteroatoms. The van der Waals surface area contributed by atoms with Gasteiger partial charge in [-0.05, 0) is 49.7 Å². The second kappa shape index (κ2) is 8.08. The number of aromatic nitrogens is 1. The molecule has 1 atom stereocenters. The van der Waals surface area contributed by atoms with E-state index in [4.69, 9.17) is 4.74 Å². The molecule has 1 unspecified atom stereocenters. The van der Waals surface area contributed by atoms with Crippen LogP contribution < -0.4 is 5.32 Å². The van der Waals surface area contributed by atoms with E-state index in [0.29, 0.717) is 16.8 Å². The Morgan fingerprint density at radius 2 is 1.68 bits per heavy atom. The summed E-state index contributed by atoms with van der Waals surface area (Å²) in [6.07, 6.45) is 0. The van der Waals surface area contributed by atoms with Gasteiger partial charge in [0.15, 0.2) is 6.04 Å². The summed E-state index contributed by atoms with van der Waals surface area (Å²) in [5.74, 6) is -1.26. The van der Waals surface area contributed by atoms with Crippen molar-refractivity contribution in [2.24, 2.45) is 0 Å². The molecule has 1 N–H and O–H groups in total. The van der Waals surface area contributed by atoms with Crippen molar-refractivity contribution in [3.8, 4) is 5.69 Å². The van der Waals surface area contributed by atoms with Crippen LogP contribution in [-0.4, -0.2) is 23.6 Å². The van der Waals surface area contributed by atoms with Gasteiger partial charge in [0.1, 0.15) is 5.82 Å². The average molecular weight is 380 g/mol. The highest BCUT2D eigenvalue weighted by atomic mass is 19.1. The molecule has 0 radical (unpaired) electrons. The zero-order valence-corrected chi connectivity index (χ0v) is 15.9. The van der Waals surface area contributed by atoms with E-state index in [0.717, 1.165) is 11.4 Å². The van der Waals surface area contributed by atoms with E-state index in [1.54, 1.807) is 49.4 Å². The minimum atomic E-state index is -0.910. The third-order valence-electron chi connectivity index (χ3n) is 4.61. The van der Waals surface area contributed by atoms with Crippen LogP contribution in [0, 0.1) is 19.7 Å².